The van der Waals surface area contributed by atoms with Gasteiger partial charge in [0.15, 0.2) is 0 Å². The first-order valence-corrected chi connectivity index (χ1v) is 7.03. The number of nitrogens with zero attached hydrogens (tertiary/aromatic N) is 2. The standard InChI is InChI=1S/C16H17N3O2/c1-9-13(16(20)21)14(17)19-15(18-9)12-8-4-6-10-5-2-3-7-11(10)12/h2-3,5,7,12H,4,6,8H2,1H3,(H,20,21)(H2,17,18,19). The zero-order chi connectivity index (χ0) is 15.0. The van der Waals surface area contributed by atoms with Gasteiger partial charge in [0.2, 0.25) is 0 Å². The number of anilines is 1. The number of rotatable bonds is 2. The number of carboxylic acid groups (broad SMARTS) is 1. The molecular weight excluding hydrogens is 266 g/mol. The summed E-state index contributed by atoms with van der Waals surface area (Å²) in [5.74, 6) is -0.311. The van der Waals surface area contributed by atoms with Gasteiger partial charge in [-0.25, -0.2) is 14.8 Å². The van der Waals surface area contributed by atoms with Crippen LogP contribution in [-0.2, 0) is 6.42 Å². The highest BCUT2D eigenvalue weighted by Crippen LogP contribution is 2.35. The molecule has 0 bridgehead atoms. The molecule has 0 saturated carbocycles. The highest BCUT2D eigenvalue weighted by molar-refractivity contribution is 5.93. The molecule has 3 rings (SSSR count). The van der Waals surface area contributed by atoms with Crippen LogP contribution in [0.15, 0.2) is 24.3 Å². The second kappa shape index (κ2) is 5.16. The number of aromatic nitrogens is 2. The largest absolute Gasteiger partial charge is 0.477 e. The molecule has 1 aromatic carbocycles. The first kappa shape index (κ1) is 13.5. The van der Waals surface area contributed by atoms with Gasteiger partial charge in [-0.3, -0.25) is 0 Å². The molecule has 0 fully saturated rings. The fourth-order valence-electron chi connectivity index (χ4n) is 3.06. The minimum absolute atomic E-state index is 0.00263. The van der Waals surface area contributed by atoms with Crippen LogP contribution in [0.4, 0.5) is 5.82 Å². The SMILES string of the molecule is Cc1nc(C2CCCc3ccccc32)nc(N)c1C(=O)O. The average Bonchev–Trinajstić information content (AvgIpc) is 2.45. The van der Waals surface area contributed by atoms with Crippen molar-refractivity contribution in [1.82, 2.24) is 9.97 Å². The van der Waals surface area contributed by atoms with Crippen molar-refractivity contribution in [2.24, 2.45) is 0 Å². The molecule has 1 aromatic heterocycles. The van der Waals surface area contributed by atoms with E-state index in [4.69, 9.17) is 10.8 Å². The fourth-order valence-corrected chi connectivity index (χ4v) is 3.06. The van der Waals surface area contributed by atoms with E-state index in [0.29, 0.717) is 11.5 Å². The van der Waals surface area contributed by atoms with E-state index < -0.39 is 5.97 Å². The topological polar surface area (TPSA) is 89.1 Å². The Morgan fingerprint density at radius 3 is 2.81 bits per heavy atom. The van der Waals surface area contributed by atoms with E-state index in [2.05, 4.69) is 22.1 Å². The minimum atomic E-state index is -1.08. The zero-order valence-electron chi connectivity index (χ0n) is 11.8. The van der Waals surface area contributed by atoms with E-state index in [9.17, 15) is 4.79 Å². The van der Waals surface area contributed by atoms with Crippen LogP contribution >= 0.6 is 0 Å². The number of nitrogens with two attached hydrogens (primary N) is 1. The molecule has 0 amide bonds. The summed E-state index contributed by atoms with van der Waals surface area (Å²) in [4.78, 5) is 19.8. The Morgan fingerprint density at radius 1 is 1.33 bits per heavy atom. The van der Waals surface area contributed by atoms with Crippen LogP contribution in [0.5, 0.6) is 0 Å². The molecule has 1 aliphatic rings. The molecule has 5 heteroatoms. The summed E-state index contributed by atoms with van der Waals surface area (Å²) in [6.45, 7) is 1.67. The Hall–Kier alpha value is -2.43. The predicted octanol–water partition coefficient (Wildman–Crippen LogP) is 2.53. The van der Waals surface area contributed by atoms with Gasteiger partial charge in [-0.15, -0.1) is 0 Å². The third-order valence-electron chi connectivity index (χ3n) is 4.03. The van der Waals surface area contributed by atoms with Crippen molar-refractivity contribution in [2.75, 3.05) is 5.73 Å². The molecule has 108 valence electrons. The van der Waals surface area contributed by atoms with Crippen molar-refractivity contribution < 1.29 is 9.90 Å². The lowest BCUT2D eigenvalue weighted by molar-refractivity contribution is 0.0696. The molecule has 0 aliphatic heterocycles. The maximum atomic E-state index is 11.2. The number of benzene rings is 1. The van der Waals surface area contributed by atoms with E-state index in [1.807, 2.05) is 12.1 Å². The van der Waals surface area contributed by atoms with Gasteiger partial charge in [0.25, 0.3) is 0 Å². The molecule has 0 spiro atoms. The highest BCUT2D eigenvalue weighted by Gasteiger charge is 2.26. The van der Waals surface area contributed by atoms with Gasteiger partial charge in [0.05, 0.1) is 5.69 Å². The van der Waals surface area contributed by atoms with Gasteiger partial charge in [-0.1, -0.05) is 24.3 Å². The van der Waals surface area contributed by atoms with Gasteiger partial charge in [0.1, 0.15) is 17.2 Å². The Balaban J connectivity index is 2.09. The number of fused-ring (bicyclic) bond motifs is 1. The van der Waals surface area contributed by atoms with Crippen LogP contribution in [0.25, 0.3) is 0 Å². The van der Waals surface area contributed by atoms with Crippen molar-refractivity contribution in [3.8, 4) is 0 Å². The molecule has 5 nitrogen and oxygen atoms in total. The Kier molecular flexibility index (Phi) is 3.33. The Labute approximate surface area is 122 Å². The van der Waals surface area contributed by atoms with Crippen LogP contribution in [0, 0.1) is 6.92 Å². The first-order valence-electron chi connectivity index (χ1n) is 7.03. The monoisotopic (exact) mass is 283 g/mol. The first-order chi connectivity index (χ1) is 10.1. The smallest absolute Gasteiger partial charge is 0.341 e. The minimum Gasteiger partial charge on any atom is -0.477 e. The van der Waals surface area contributed by atoms with Crippen molar-refractivity contribution in [3.05, 3.63) is 52.5 Å². The number of nitrogen functional groups attached to an aromatic ring is 1. The zero-order valence-corrected chi connectivity index (χ0v) is 11.8. The summed E-state index contributed by atoms with van der Waals surface area (Å²) in [5, 5.41) is 9.15. The Bertz CT molecular complexity index is 689. The number of aromatic carboxylic acids is 1. The van der Waals surface area contributed by atoms with Gasteiger partial charge in [-0.2, -0.15) is 0 Å². The van der Waals surface area contributed by atoms with Gasteiger partial charge >= 0.3 is 5.97 Å². The number of hydrogen-bond acceptors (Lipinski definition) is 4. The van der Waals surface area contributed by atoms with Crippen molar-refractivity contribution in [1.29, 1.82) is 0 Å². The third-order valence-corrected chi connectivity index (χ3v) is 4.03. The summed E-state index contributed by atoms with van der Waals surface area (Å²) in [7, 11) is 0. The average molecular weight is 283 g/mol. The maximum absolute atomic E-state index is 11.2. The van der Waals surface area contributed by atoms with Crippen molar-refractivity contribution >= 4 is 11.8 Å². The highest BCUT2D eigenvalue weighted by atomic mass is 16.4. The van der Waals surface area contributed by atoms with E-state index >= 15 is 0 Å². The third kappa shape index (κ3) is 2.35. The van der Waals surface area contributed by atoms with Crippen LogP contribution in [0.1, 0.15) is 51.8 Å². The predicted molar refractivity (Wildman–Crippen MR) is 79.4 cm³/mol. The molecule has 3 N–H and O–H groups in total. The molecule has 21 heavy (non-hydrogen) atoms. The molecule has 1 aliphatic carbocycles. The van der Waals surface area contributed by atoms with E-state index in [-0.39, 0.29) is 17.3 Å². The second-order valence-electron chi connectivity index (χ2n) is 5.38. The lowest BCUT2D eigenvalue weighted by Crippen LogP contribution is -2.17. The van der Waals surface area contributed by atoms with Crippen LogP contribution in [0.3, 0.4) is 0 Å². The summed E-state index contributed by atoms with van der Waals surface area (Å²) >= 11 is 0. The molecule has 0 saturated heterocycles. The molecule has 1 unspecified atom stereocenters. The second-order valence-corrected chi connectivity index (χ2v) is 5.38. The van der Waals surface area contributed by atoms with E-state index in [0.717, 1.165) is 19.3 Å². The molecule has 0 radical (unpaired) electrons. The molecule has 1 heterocycles. The van der Waals surface area contributed by atoms with Crippen molar-refractivity contribution in [2.45, 2.75) is 32.1 Å². The number of carboxylic acids is 1. The molecule has 1 atom stereocenters. The summed E-state index contributed by atoms with van der Waals surface area (Å²) < 4.78 is 0. The normalized spacial score (nSPS) is 17.3. The summed E-state index contributed by atoms with van der Waals surface area (Å²) in [5.41, 5.74) is 8.79. The molecule has 2 aromatic rings. The van der Waals surface area contributed by atoms with Gasteiger partial charge < -0.3 is 10.8 Å². The Morgan fingerprint density at radius 2 is 2.10 bits per heavy atom. The van der Waals surface area contributed by atoms with Crippen LogP contribution in [0.2, 0.25) is 0 Å². The molecular formula is C16H17N3O2. The maximum Gasteiger partial charge on any atom is 0.341 e. The van der Waals surface area contributed by atoms with Crippen LogP contribution < -0.4 is 5.73 Å². The summed E-state index contributed by atoms with van der Waals surface area (Å²) in [6.07, 6.45) is 3.10. The van der Waals surface area contributed by atoms with Crippen LogP contribution in [-0.4, -0.2) is 21.0 Å². The van der Waals surface area contributed by atoms with Crippen molar-refractivity contribution in [3.63, 3.8) is 0 Å². The van der Waals surface area contributed by atoms with E-state index in [1.165, 1.54) is 11.1 Å². The fraction of sp³-hybridized carbons (Fsp3) is 0.312. The lowest BCUT2D eigenvalue weighted by atomic mass is 9.82. The number of carbonyl (C=O) groups is 1. The van der Waals surface area contributed by atoms with E-state index in [1.54, 1.807) is 6.92 Å². The quantitative estimate of drug-likeness (QED) is 0.884. The van der Waals surface area contributed by atoms with Gasteiger partial charge in [-0.05, 0) is 37.3 Å². The number of aryl methyl sites for hydroxylation is 2. The van der Waals surface area contributed by atoms with Gasteiger partial charge in [0, 0.05) is 5.92 Å². The summed E-state index contributed by atoms with van der Waals surface area (Å²) in [6, 6.07) is 8.27. The lowest BCUT2D eigenvalue weighted by Gasteiger charge is -2.24. The number of hydrogen-bond donors (Lipinski definition) is 2.